The van der Waals surface area contributed by atoms with Crippen molar-refractivity contribution in [3.05, 3.63) is 0 Å². The maximum atomic E-state index is 11.9. The topological polar surface area (TPSA) is 41.1 Å². The molecule has 0 saturated carbocycles. The lowest BCUT2D eigenvalue weighted by Gasteiger charge is -2.19. The van der Waals surface area contributed by atoms with Crippen LogP contribution in [0.4, 0.5) is 0 Å². The number of hydrogen-bond donors (Lipinski definition) is 2. The molecule has 0 fully saturated rings. The van der Waals surface area contributed by atoms with Crippen molar-refractivity contribution in [2.45, 2.75) is 91.6 Å². The first-order valence-electron chi connectivity index (χ1n) is 8.54. The molecular weight excluding hydrogens is 248 g/mol. The molecule has 0 saturated heterocycles. The van der Waals surface area contributed by atoms with E-state index in [0.717, 1.165) is 25.3 Å². The Balaban J connectivity index is 3.57. The zero-order valence-electron chi connectivity index (χ0n) is 14.3. The maximum Gasteiger partial charge on any atom is 0.237 e. The van der Waals surface area contributed by atoms with Crippen LogP contribution in [0.3, 0.4) is 0 Å². The van der Waals surface area contributed by atoms with Gasteiger partial charge in [0.15, 0.2) is 0 Å². The summed E-state index contributed by atoms with van der Waals surface area (Å²) in [6, 6.07) is 0.244. The number of rotatable bonds is 12. The second kappa shape index (κ2) is 12.2. The van der Waals surface area contributed by atoms with E-state index in [1.807, 2.05) is 6.92 Å². The molecule has 0 aromatic heterocycles. The van der Waals surface area contributed by atoms with Crippen LogP contribution >= 0.6 is 0 Å². The highest BCUT2D eigenvalue weighted by Crippen LogP contribution is 2.09. The van der Waals surface area contributed by atoms with Crippen molar-refractivity contribution >= 4 is 5.91 Å². The predicted molar refractivity (Wildman–Crippen MR) is 87.9 cm³/mol. The van der Waals surface area contributed by atoms with Crippen LogP contribution in [0, 0.1) is 5.92 Å². The summed E-state index contributed by atoms with van der Waals surface area (Å²) in [5.41, 5.74) is 0. The lowest BCUT2D eigenvalue weighted by atomic mass is 10.0. The molecule has 0 aliphatic heterocycles. The molecule has 1 atom stereocenters. The molecule has 0 aliphatic carbocycles. The Hall–Kier alpha value is -0.570. The molecule has 0 spiro atoms. The van der Waals surface area contributed by atoms with Gasteiger partial charge in [-0.05, 0) is 38.6 Å². The molecule has 0 bridgehead atoms. The molecule has 0 rings (SSSR count). The van der Waals surface area contributed by atoms with Crippen molar-refractivity contribution in [1.29, 1.82) is 0 Å². The van der Waals surface area contributed by atoms with Crippen LogP contribution in [0.2, 0.25) is 0 Å². The molecule has 3 nitrogen and oxygen atoms in total. The van der Waals surface area contributed by atoms with Crippen LogP contribution in [0.15, 0.2) is 0 Å². The molecule has 0 heterocycles. The van der Waals surface area contributed by atoms with Gasteiger partial charge in [-0.1, -0.05) is 53.4 Å². The molecule has 1 unspecified atom stereocenters. The van der Waals surface area contributed by atoms with Gasteiger partial charge in [0.25, 0.3) is 0 Å². The molecule has 0 aromatic carbocycles. The van der Waals surface area contributed by atoms with Crippen LogP contribution in [0.5, 0.6) is 0 Å². The van der Waals surface area contributed by atoms with Crippen molar-refractivity contribution in [3.8, 4) is 0 Å². The Kier molecular flexibility index (Phi) is 11.8. The first kappa shape index (κ1) is 19.4. The summed E-state index contributed by atoms with van der Waals surface area (Å²) in [5.74, 6) is 0.959. The van der Waals surface area contributed by atoms with E-state index in [-0.39, 0.29) is 11.9 Å². The van der Waals surface area contributed by atoms with E-state index in [0.29, 0.717) is 6.04 Å². The second-order valence-electron chi connectivity index (χ2n) is 6.29. The van der Waals surface area contributed by atoms with Gasteiger partial charge in [-0.2, -0.15) is 0 Å². The Bertz CT molecular complexity index is 237. The first-order chi connectivity index (χ1) is 9.51. The van der Waals surface area contributed by atoms with Crippen molar-refractivity contribution in [2.24, 2.45) is 5.92 Å². The van der Waals surface area contributed by atoms with Gasteiger partial charge >= 0.3 is 0 Å². The first-order valence-corrected chi connectivity index (χ1v) is 8.54. The summed E-state index contributed by atoms with van der Waals surface area (Å²) in [6.45, 7) is 11.7. The Morgan fingerprint density at radius 2 is 1.55 bits per heavy atom. The molecule has 0 radical (unpaired) electrons. The SMILES string of the molecule is CCC(CC)NC(=O)C(C)NCCCCCCC(C)C. The fourth-order valence-corrected chi connectivity index (χ4v) is 2.26. The van der Waals surface area contributed by atoms with E-state index in [9.17, 15) is 4.79 Å². The van der Waals surface area contributed by atoms with Crippen molar-refractivity contribution < 1.29 is 4.79 Å². The Morgan fingerprint density at radius 1 is 0.950 bits per heavy atom. The zero-order valence-corrected chi connectivity index (χ0v) is 14.3. The molecule has 120 valence electrons. The Morgan fingerprint density at radius 3 is 2.10 bits per heavy atom. The third-order valence-electron chi connectivity index (χ3n) is 3.88. The number of carbonyl (C=O) groups excluding carboxylic acids is 1. The van der Waals surface area contributed by atoms with Crippen LogP contribution in [-0.4, -0.2) is 24.5 Å². The maximum absolute atomic E-state index is 11.9. The number of hydrogen-bond acceptors (Lipinski definition) is 2. The van der Waals surface area contributed by atoms with E-state index in [4.69, 9.17) is 0 Å². The van der Waals surface area contributed by atoms with Gasteiger partial charge in [0.2, 0.25) is 5.91 Å². The predicted octanol–water partition coefficient (Wildman–Crippen LogP) is 3.88. The zero-order chi connectivity index (χ0) is 15.4. The van der Waals surface area contributed by atoms with E-state index in [2.05, 4.69) is 38.3 Å². The lowest BCUT2D eigenvalue weighted by Crippen LogP contribution is -2.46. The lowest BCUT2D eigenvalue weighted by molar-refractivity contribution is -0.123. The summed E-state index contributed by atoms with van der Waals surface area (Å²) < 4.78 is 0. The highest BCUT2D eigenvalue weighted by molar-refractivity contribution is 5.81. The van der Waals surface area contributed by atoms with Crippen LogP contribution in [0.25, 0.3) is 0 Å². The standard InChI is InChI=1S/C17H36N2O/c1-6-16(7-2)19-17(20)15(5)18-13-11-9-8-10-12-14(3)4/h14-16,18H,6-13H2,1-5H3,(H,19,20). The minimum atomic E-state index is -0.0775. The second-order valence-corrected chi connectivity index (χ2v) is 6.29. The summed E-state index contributed by atoms with van der Waals surface area (Å²) >= 11 is 0. The number of unbranched alkanes of at least 4 members (excludes halogenated alkanes) is 3. The number of carbonyl (C=O) groups is 1. The van der Waals surface area contributed by atoms with Crippen molar-refractivity contribution in [1.82, 2.24) is 10.6 Å². The van der Waals surface area contributed by atoms with E-state index in [1.165, 1.54) is 32.1 Å². The van der Waals surface area contributed by atoms with Gasteiger partial charge in [0.1, 0.15) is 0 Å². The van der Waals surface area contributed by atoms with Gasteiger partial charge in [0, 0.05) is 6.04 Å². The molecule has 0 aliphatic rings. The van der Waals surface area contributed by atoms with Gasteiger partial charge in [-0.3, -0.25) is 4.79 Å². The van der Waals surface area contributed by atoms with Gasteiger partial charge in [-0.25, -0.2) is 0 Å². The average molecular weight is 284 g/mol. The molecule has 3 heteroatoms. The fourth-order valence-electron chi connectivity index (χ4n) is 2.26. The summed E-state index contributed by atoms with van der Waals surface area (Å²) in [4.78, 5) is 11.9. The third kappa shape index (κ3) is 10.2. The largest absolute Gasteiger partial charge is 0.352 e. The van der Waals surface area contributed by atoms with E-state index in [1.54, 1.807) is 0 Å². The van der Waals surface area contributed by atoms with Crippen molar-refractivity contribution in [3.63, 3.8) is 0 Å². The minimum Gasteiger partial charge on any atom is -0.352 e. The smallest absolute Gasteiger partial charge is 0.237 e. The number of nitrogens with one attached hydrogen (secondary N) is 2. The molecule has 0 aromatic rings. The molecule has 2 N–H and O–H groups in total. The van der Waals surface area contributed by atoms with Gasteiger partial charge < -0.3 is 10.6 Å². The fraction of sp³-hybridized carbons (Fsp3) is 0.941. The van der Waals surface area contributed by atoms with Gasteiger partial charge in [0.05, 0.1) is 6.04 Å². The monoisotopic (exact) mass is 284 g/mol. The molecule has 1 amide bonds. The molecular formula is C17H36N2O. The number of amides is 1. The highest BCUT2D eigenvalue weighted by atomic mass is 16.2. The van der Waals surface area contributed by atoms with E-state index < -0.39 is 0 Å². The Labute approximate surface area is 126 Å². The normalized spacial score (nSPS) is 12.9. The minimum absolute atomic E-state index is 0.0775. The summed E-state index contributed by atoms with van der Waals surface area (Å²) in [7, 11) is 0. The highest BCUT2D eigenvalue weighted by Gasteiger charge is 2.14. The van der Waals surface area contributed by atoms with Gasteiger partial charge in [-0.15, -0.1) is 0 Å². The third-order valence-corrected chi connectivity index (χ3v) is 3.88. The van der Waals surface area contributed by atoms with Crippen LogP contribution < -0.4 is 10.6 Å². The summed E-state index contributed by atoms with van der Waals surface area (Å²) in [5, 5.41) is 6.41. The quantitative estimate of drug-likeness (QED) is 0.534. The van der Waals surface area contributed by atoms with Crippen LogP contribution in [0.1, 0.15) is 79.6 Å². The average Bonchev–Trinajstić information content (AvgIpc) is 2.42. The van der Waals surface area contributed by atoms with Crippen LogP contribution in [-0.2, 0) is 4.79 Å². The van der Waals surface area contributed by atoms with E-state index >= 15 is 0 Å². The van der Waals surface area contributed by atoms with Crippen molar-refractivity contribution in [2.75, 3.05) is 6.54 Å². The molecule has 20 heavy (non-hydrogen) atoms. The summed E-state index contributed by atoms with van der Waals surface area (Å²) in [6.07, 6.45) is 8.43.